The van der Waals surface area contributed by atoms with Crippen LogP contribution >= 0.6 is 33.9 Å². The highest BCUT2D eigenvalue weighted by Crippen LogP contribution is 2.24. The van der Waals surface area contributed by atoms with Crippen molar-refractivity contribution in [3.8, 4) is 5.75 Å². The molecule has 0 radical (unpaired) electrons. The Kier molecular flexibility index (Phi) is 5.38. The molecule has 0 aliphatic rings. The molecule has 0 bridgehead atoms. The first-order valence-corrected chi connectivity index (χ1v) is 8.02. The Morgan fingerprint density at radius 3 is 2.85 bits per heavy atom. The van der Waals surface area contributed by atoms with Crippen LogP contribution in [0.15, 0.2) is 29.6 Å². The molecule has 0 atom stereocenters. The van der Waals surface area contributed by atoms with Gasteiger partial charge in [-0.15, -0.1) is 11.3 Å². The SMILES string of the molecule is CCOc1ccc(NC(=O)c2csc(I)c2)cc1CO. The van der Waals surface area contributed by atoms with E-state index in [1.807, 2.05) is 18.4 Å². The third-order valence-corrected chi connectivity index (χ3v) is 4.41. The lowest BCUT2D eigenvalue weighted by atomic mass is 10.2. The molecule has 0 fully saturated rings. The predicted octanol–water partition coefficient (Wildman–Crippen LogP) is 3.50. The fourth-order valence-electron chi connectivity index (χ4n) is 1.71. The standard InChI is InChI=1S/C14H14INO3S/c1-2-19-12-4-3-11(5-9(12)7-17)16-14(18)10-6-13(15)20-8-10/h3-6,8,17H,2,7H2,1H3,(H,16,18). The maximum atomic E-state index is 12.0. The van der Waals surface area contributed by atoms with Gasteiger partial charge >= 0.3 is 0 Å². The highest BCUT2D eigenvalue weighted by Gasteiger charge is 2.10. The van der Waals surface area contributed by atoms with Crippen molar-refractivity contribution < 1.29 is 14.6 Å². The van der Waals surface area contributed by atoms with E-state index < -0.39 is 0 Å². The molecule has 106 valence electrons. The Labute approximate surface area is 134 Å². The Hall–Kier alpha value is -1.12. The molecule has 2 rings (SSSR count). The van der Waals surface area contributed by atoms with Gasteiger partial charge in [0.05, 0.1) is 21.7 Å². The lowest BCUT2D eigenvalue weighted by Gasteiger charge is -2.11. The first kappa shape index (κ1) is 15.3. The number of hydrogen-bond donors (Lipinski definition) is 2. The number of carbonyl (C=O) groups is 1. The van der Waals surface area contributed by atoms with Gasteiger partial charge in [0.1, 0.15) is 5.75 Å². The van der Waals surface area contributed by atoms with Gasteiger partial charge < -0.3 is 15.2 Å². The maximum Gasteiger partial charge on any atom is 0.256 e. The van der Waals surface area contributed by atoms with Gasteiger partial charge in [0.25, 0.3) is 5.91 Å². The van der Waals surface area contributed by atoms with Crippen LogP contribution in [0.3, 0.4) is 0 Å². The van der Waals surface area contributed by atoms with Gasteiger partial charge in [0.15, 0.2) is 0 Å². The zero-order valence-corrected chi connectivity index (χ0v) is 13.8. The summed E-state index contributed by atoms with van der Waals surface area (Å²) in [6, 6.07) is 7.07. The summed E-state index contributed by atoms with van der Waals surface area (Å²) in [6.07, 6.45) is 0. The van der Waals surface area contributed by atoms with E-state index in [2.05, 4.69) is 27.9 Å². The van der Waals surface area contributed by atoms with Crippen LogP contribution in [0.1, 0.15) is 22.8 Å². The van der Waals surface area contributed by atoms with Crippen molar-refractivity contribution in [3.63, 3.8) is 0 Å². The largest absolute Gasteiger partial charge is 0.494 e. The van der Waals surface area contributed by atoms with Gasteiger partial charge in [-0.25, -0.2) is 0 Å². The Morgan fingerprint density at radius 1 is 1.45 bits per heavy atom. The fraction of sp³-hybridized carbons (Fsp3) is 0.214. The van der Waals surface area contributed by atoms with Crippen molar-refractivity contribution in [3.05, 3.63) is 43.7 Å². The summed E-state index contributed by atoms with van der Waals surface area (Å²) in [5.41, 5.74) is 1.94. The second-order valence-electron chi connectivity index (χ2n) is 4.01. The van der Waals surface area contributed by atoms with E-state index in [1.54, 1.807) is 18.2 Å². The van der Waals surface area contributed by atoms with E-state index in [4.69, 9.17) is 4.74 Å². The Bertz CT molecular complexity index is 612. The van der Waals surface area contributed by atoms with Gasteiger partial charge in [-0.3, -0.25) is 4.79 Å². The average Bonchev–Trinajstić information content (AvgIpc) is 2.87. The number of halogens is 1. The van der Waals surface area contributed by atoms with Crippen LogP contribution in [-0.2, 0) is 6.61 Å². The van der Waals surface area contributed by atoms with Crippen LogP contribution in [0, 0.1) is 2.88 Å². The van der Waals surface area contributed by atoms with Gasteiger partial charge in [-0.1, -0.05) is 0 Å². The molecular weight excluding hydrogens is 389 g/mol. The molecule has 6 heteroatoms. The molecule has 1 aromatic heterocycles. The lowest BCUT2D eigenvalue weighted by molar-refractivity contribution is 0.102. The molecule has 0 unspecified atom stereocenters. The van der Waals surface area contributed by atoms with Crippen LogP contribution in [0.2, 0.25) is 0 Å². The molecule has 0 spiro atoms. The summed E-state index contributed by atoms with van der Waals surface area (Å²) in [5.74, 6) is 0.482. The van der Waals surface area contributed by atoms with E-state index >= 15 is 0 Å². The van der Waals surface area contributed by atoms with Crippen molar-refractivity contribution >= 4 is 45.5 Å². The summed E-state index contributed by atoms with van der Waals surface area (Å²) in [6.45, 7) is 2.29. The number of carbonyl (C=O) groups excluding carboxylic acids is 1. The Balaban J connectivity index is 2.15. The quantitative estimate of drug-likeness (QED) is 0.752. The molecule has 0 aliphatic carbocycles. The molecule has 2 aromatic rings. The van der Waals surface area contributed by atoms with Gasteiger partial charge in [-0.2, -0.15) is 0 Å². The third kappa shape index (κ3) is 3.71. The third-order valence-electron chi connectivity index (χ3n) is 2.62. The van der Waals surface area contributed by atoms with Crippen molar-refractivity contribution in [2.75, 3.05) is 11.9 Å². The molecular formula is C14H14INO3S. The van der Waals surface area contributed by atoms with Crippen LogP contribution in [-0.4, -0.2) is 17.6 Å². The monoisotopic (exact) mass is 403 g/mol. The number of ether oxygens (including phenoxy) is 1. The fourth-order valence-corrected chi connectivity index (χ4v) is 3.04. The number of hydrogen-bond acceptors (Lipinski definition) is 4. The van der Waals surface area contributed by atoms with Crippen molar-refractivity contribution in [2.45, 2.75) is 13.5 Å². The van der Waals surface area contributed by atoms with Crippen molar-refractivity contribution in [1.82, 2.24) is 0 Å². The first-order valence-electron chi connectivity index (χ1n) is 6.06. The van der Waals surface area contributed by atoms with E-state index in [-0.39, 0.29) is 12.5 Å². The number of anilines is 1. The summed E-state index contributed by atoms with van der Waals surface area (Å²) in [4.78, 5) is 12.0. The van der Waals surface area contributed by atoms with Crippen LogP contribution in [0.25, 0.3) is 0 Å². The van der Waals surface area contributed by atoms with Gasteiger partial charge in [-0.05, 0) is 53.8 Å². The lowest BCUT2D eigenvalue weighted by Crippen LogP contribution is -2.11. The van der Waals surface area contributed by atoms with Crippen LogP contribution in [0.5, 0.6) is 5.75 Å². The molecule has 1 amide bonds. The minimum absolute atomic E-state index is 0.130. The second kappa shape index (κ2) is 7.05. The van der Waals surface area contributed by atoms with Crippen molar-refractivity contribution in [2.24, 2.45) is 0 Å². The normalized spacial score (nSPS) is 10.3. The smallest absolute Gasteiger partial charge is 0.256 e. The molecule has 1 heterocycles. The minimum atomic E-state index is -0.155. The maximum absolute atomic E-state index is 12.0. The number of thiophene rings is 1. The molecule has 20 heavy (non-hydrogen) atoms. The molecule has 1 aromatic carbocycles. The zero-order chi connectivity index (χ0) is 14.5. The number of rotatable bonds is 5. The van der Waals surface area contributed by atoms with E-state index in [9.17, 15) is 9.90 Å². The summed E-state index contributed by atoms with van der Waals surface area (Å²) in [7, 11) is 0. The summed E-state index contributed by atoms with van der Waals surface area (Å²) in [5, 5.41) is 14.0. The first-order chi connectivity index (χ1) is 9.63. The Morgan fingerprint density at radius 2 is 2.25 bits per heavy atom. The zero-order valence-electron chi connectivity index (χ0n) is 10.9. The van der Waals surface area contributed by atoms with Crippen molar-refractivity contribution in [1.29, 1.82) is 0 Å². The molecule has 4 nitrogen and oxygen atoms in total. The molecule has 0 saturated heterocycles. The summed E-state index contributed by atoms with van der Waals surface area (Å²) >= 11 is 3.70. The molecule has 2 N–H and O–H groups in total. The van der Waals surface area contributed by atoms with Gasteiger partial charge in [0.2, 0.25) is 0 Å². The van der Waals surface area contributed by atoms with E-state index in [1.165, 1.54) is 11.3 Å². The second-order valence-corrected chi connectivity index (χ2v) is 6.81. The minimum Gasteiger partial charge on any atom is -0.494 e. The topological polar surface area (TPSA) is 58.6 Å². The van der Waals surface area contributed by atoms with E-state index in [0.29, 0.717) is 29.2 Å². The van der Waals surface area contributed by atoms with Crippen LogP contribution < -0.4 is 10.1 Å². The van der Waals surface area contributed by atoms with Gasteiger partial charge in [0, 0.05) is 16.6 Å². The van der Waals surface area contributed by atoms with Crippen LogP contribution in [0.4, 0.5) is 5.69 Å². The van der Waals surface area contributed by atoms with E-state index in [0.717, 1.165) is 2.88 Å². The molecule has 0 saturated carbocycles. The number of benzene rings is 1. The summed E-state index contributed by atoms with van der Waals surface area (Å²) < 4.78 is 6.47. The highest BCUT2D eigenvalue weighted by atomic mass is 127. The number of nitrogens with one attached hydrogen (secondary N) is 1. The predicted molar refractivity (Wildman–Crippen MR) is 88.5 cm³/mol. The molecule has 0 aliphatic heterocycles. The number of aliphatic hydroxyl groups excluding tert-OH is 1. The average molecular weight is 403 g/mol. The number of aliphatic hydroxyl groups is 1. The highest BCUT2D eigenvalue weighted by molar-refractivity contribution is 14.1. The number of amides is 1.